The molecule has 0 aliphatic carbocycles. The van der Waals surface area contributed by atoms with E-state index in [0.29, 0.717) is 0 Å². The SMILES string of the molecule is NS(=O)CCCC(F)(F)F. The molecule has 0 saturated heterocycles. The van der Waals surface area contributed by atoms with Crippen LogP contribution in [0.1, 0.15) is 12.8 Å². The van der Waals surface area contributed by atoms with Gasteiger partial charge in [0.2, 0.25) is 0 Å². The van der Waals surface area contributed by atoms with Crippen LogP contribution in [-0.2, 0) is 11.0 Å². The molecule has 0 saturated carbocycles. The Bertz CT molecular complexity index is 124. The van der Waals surface area contributed by atoms with Crippen molar-refractivity contribution in [2.75, 3.05) is 5.75 Å². The Labute approximate surface area is 59.2 Å². The van der Waals surface area contributed by atoms with E-state index in [1.165, 1.54) is 0 Å². The van der Waals surface area contributed by atoms with Gasteiger partial charge in [0.25, 0.3) is 0 Å². The van der Waals surface area contributed by atoms with Crippen LogP contribution in [0.4, 0.5) is 13.2 Å². The van der Waals surface area contributed by atoms with Gasteiger partial charge in [0, 0.05) is 12.2 Å². The van der Waals surface area contributed by atoms with Gasteiger partial charge in [0.05, 0.1) is 11.0 Å². The molecular formula is C4H8F3NOS. The minimum Gasteiger partial charge on any atom is -0.252 e. The molecule has 1 atom stereocenters. The Morgan fingerprint density at radius 2 is 1.90 bits per heavy atom. The summed E-state index contributed by atoms with van der Waals surface area (Å²) < 4.78 is 44.1. The zero-order valence-corrected chi connectivity index (χ0v) is 5.97. The second kappa shape index (κ2) is 3.92. The topological polar surface area (TPSA) is 43.1 Å². The van der Waals surface area contributed by atoms with Gasteiger partial charge in [-0.15, -0.1) is 0 Å². The van der Waals surface area contributed by atoms with Gasteiger partial charge in [-0.3, -0.25) is 5.14 Å². The quantitative estimate of drug-likeness (QED) is 0.681. The second-order valence-electron chi connectivity index (χ2n) is 1.80. The van der Waals surface area contributed by atoms with E-state index in [9.17, 15) is 17.4 Å². The number of nitrogens with two attached hydrogens (primary N) is 1. The van der Waals surface area contributed by atoms with E-state index in [1.807, 2.05) is 0 Å². The van der Waals surface area contributed by atoms with E-state index >= 15 is 0 Å². The minimum atomic E-state index is -4.15. The molecule has 0 heterocycles. The lowest BCUT2D eigenvalue weighted by molar-refractivity contribution is -0.134. The van der Waals surface area contributed by atoms with Crippen molar-refractivity contribution in [3.63, 3.8) is 0 Å². The van der Waals surface area contributed by atoms with Crippen molar-refractivity contribution in [1.82, 2.24) is 0 Å². The highest BCUT2D eigenvalue weighted by atomic mass is 32.2. The number of halogens is 3. The highest BCUT2D eigenvalue weighted by molar-refractivity contribution is 7.82. The highest BCUT2D eigenvalue weighted by Gasteiger charge is 2.26. The van der Waals surface area contributed by atoms with Gasteiger partial charge in [-0.25, -0.2) is 4.21 Å². The Kier molecular flexibility index (Phi) is 3.88. The average molecular weight is 175 g/mol. The molecule has 6 heteroatoms. The van der Waals surface area contributed by atoms with Crippen molar-refractivity contribution in [2.45, 2.75) is 19.0 Å². The standard InChI is InChI=1S/C4H8F3NOS/c5-4(6,7)2-1-3-10(8)9/h1-3,8H2. The summed E-state index contributed by atoms with van der Waals surface area (Å²) in [6.07, 6.45) is -5.22. The Balaban J connectivity index is 3.29. The van der Waals surface area contributed by atoms with Crippen LogP contribution in [0.3, 0.4) is 0 Å². The maximum absolute atomic E-state index is 11.4. The molecule has 0 spiro atoms. The van der Waals surface area contributed by atoms with Gasteiger partial charge in [-0.2, -0.15) is 13.2 Å². The highest BCUT2D eigenvalue weighted by Crippen LogP contribution is 2.20. The normalized spacial score (nSPS) is 15.2. The van der Waals surface area contributed by atoms with Crippen LogP contribution in [0.5, 0.6) is 0 Å². The third kappa shape index (κ3) is 7.90. The molecule has 0 fully saturated rings. The minimum absolute atomic E-state index is 0.0838. The zero-order valence-electron chi connectivity index (χ0n) is 5.15. The lowest BCUT2D eigenvalue weighted by Gasteiger charge is -2.03. The lowest BCUT2D eigenvalue weighted by atomic mass is 10.3. The zero-order chi connectivity index (χ0) is 8.20. The molecule has 0 rings (SSSR count). The summed E-state index contributed by atoms with van der Waals surface area (Å²) in [7, 11) is -1.60. The molecule has 2 N–H and O–H groups in total. The molecule has 1 unspecified atom stereocenters. The largest absolute Gasteiger partial charge is 0.389 e. The van der Waals surface area contributed by atoms with E-state index in [1.54, 1.807) is 0 Å². The van der Waals surface area contributed by atoms with Gasteiger partial charge in [-0.05, 0) is 6.42 Å². The van der Waals surface area contributed by atoms with Crippen molar-refractivity contribution in [3.05, 3.63) is 0 Å². The fourth-order valence-electron chi connectivity index (χ4n) is 0.415. The van der Waals surface area contributed by atoms with Crippen LogP contribution in [0.15, 0.2) is 0 Å². The van der Waals surface area contributed by atoms with Crippen molar-refractivity contribution >= 4 is 11.0 Å². The van der Waals surface area contributed by atoms with Crippen LogP contribution in [0.2, 0.25) is 0 Å². The number of alkyl halides is 3. The molecule has 0 aromatic carbocycles. The Morgan fingerprint density at radius 3 is 2.20 bits per heavy atom. The fraction of sp³-hybridized carbons (Fsp3) is 1.00. The molecule has 0 bridgehead atoms. The fourth-order valence-corrected chi connectivity index (χ4v) is 0.844. The molecule has 10 heavy (non-hydrogen) atoms. The third-order valence-electron chi connectivity index (χ3n) is 0.806. The number of rotatable bonds is 3. The number of hydrogen-bond acceptors (Lipinski definition) is 1. The van der Waals surface area contributed by atoms with Gasteiger partial charge in [0.15, 0.2) is 0 Å². The van der Waals surface area contributed by atoms with Crippen molar-refractivity contribution in [3.8, 4) is 0 Å². The van der Waals surface area contributed by atoms with Crippen LogP contribution >= 0.6 is 0 Å². The summed E-state index contributed by atoms with van der Waals surface area (Å²) in [5, 5.41) is 4.73. The van der Waals surface area contributed by atoms with Crippen LogP contribution < -0.4 is 5.14 Å². The Morgan fingerprint density at radius 1 is 1.40 bits per heavy atom. The first-order chi connectivity index (χ1) is 4.42. The van der Waals surface area contributed by atoms with E-state index in [4.69, 9.17) is 5.14 Å². The van der Waals surface area contributed by atoms with E-state index in [0.717, 1.165) is 0 Å². The van der Waals surface area contributed by atoms with Crippen molar-refractivity contribution in [2.24, 2.45) is 5.14 Å². The summed E-state index contributed by atoms with van der Waals surface area (Å²) in [6.45, 7) is 0. The monoisotopic (exact) mass is 175 g/mol. The average Bonchev–Trinajstić information content (AvgIpc) is 1.59. The first kappa shape index (κ1) is 9.90. The maximum atomic E-state index is 11.4. The van der Waals surface area contributed by atoms with E-state index in [2.05, 4.69) is 0 Å². The van der Waals surface area contributed by atoms with Crippen LogP contribution in [0.25, 0.3) is 0 Å². The third-order valence-corrected chi connectivity index (χ3v) is 1.50. The summed E-state index contributed by atoms with van der Waals surface area (Å²) in [5.41, 5.74) is 0. The summed E-state index contributed by atoms with van der Waals surface area (Å²) in [4.78, 5) is 0. The second-order valence-corrected chi connectivity index (χ2v) is 2.97. The van der Waals surface area contributed by atoms with Crippen molar-refractivity contribution < 1.29 is 17.4 Å². The molecule has 0 aromatic heterocycles. The first-order valence-corrected chi connectivity index (χ1v) is 3.99. The summed E-state index contributed by atoms with van der Waals surface area (Å²) >= 11 is 0. The maximum Gasteiger partial charge on any atom is 0.389 e. The lowest BCUT2D eigenvalue weighted by Crippen LogP contribution is -2.12. The molecule has 0 amide bonds. The number of hydrogen-bond donors (Lipinski definition) is 1. The van der Waals surface area contributed by atoms with Gasteiger partial charge < -0.3 is 0 Å². The van der Waals surface area contributed by atoms with Crippen LogP contribution in [0, 0.1) is 0 Å². The first-order valence-electron chi connectivity index (χ1n) is 2.61. The van der Waals surface area contributed by atoms with E-state index in [-0.39, 0.29) is 12.2 Å². The summed E-state index contributed by atoms with van der Waals surface area (Å²) in [6, 6.07) is 0. The van der Waals surface area contributed by atoms with Gasteiger partial charge >= 0.3 is 6.18 Å². The van der Waals surface area contributed by atoms with Crippen molar-refractivity contribution in [1.29, 1.82) is 0 Å². The van der Waals surface area contributed by atoms with Gasteiger partial charge in [-0.1, -0.05) is 0 Å². The van der Waals surface area contributed by atoms with Gasteiger partial charge in [0.1, 0.15) is 0 Å². The predicted octanol–water partition coefficient (Wildman–Crippen LogP) is 0.951. The van der Waals surface area contributed by atoms with Crippen LogP contribution in [-0.4, -0.2) is 16.1 Å². The van der Waals surface area contributed by atoms with E-state index < -0.39 is 23.6 Å². The molecule has 0 aliphatic rings. The molecule has 62 valence electrons. The summed E-state index contributed by atoms with van der Waals surface area (Å²) in [5.74, 6) is -0.0838. The molecule has 2 nitrogen and oxygen atoms in total. The molecular weight excluding hydrogens is 167 g/mol. The molecule has 0 radical (unpaired) electrons. The molecule has 0 aliphatic heterocycles. The predicted molar refractivity (Wildman–Crippen MR) is 32.5 cm³/mol. The Hall–Kier alpha value is -0.100. The smallest absolute Gasteiger partial charge is 0.252 e. The molecule has 0 aromatic rings.